The topological polar surface area (TPSA) is 39.2 Å². The fraction of sp³-hybridized carbons (Fsp3) is 0.200. The van der Waals surface area contributed by atoms with E-state index >= 15 is 0 Å². The molecule has 0 spiro atoms. The van der Waals surface area contributed by atoms with Crippen LogP contribution in [0.2, 0.25) is 0 Å². The lowest BCUT2D eigenvalue weighted by molar-refractivity contribution is 0.531. The summed E-state index contributed by atoms with van der Waals surface area (Å²) in [5.41, 5.74) is 8.34. The molecule has 0 bridgehead atoms. The normalized spacial score (nSPS) is 13.0. The van der Waals surface area contributed by atoms with E-state index in [2.05, 4.69) is 32.8 Å². The Kier molecular flexibility index (Phi) is 3.05. The molecule has 74 valence electrons. The highest BCUT2D eigenvalue weighted by Crippen LogP contribution is 2.25. The van der Waals surface area contributed by atoms with Crippen molar-refractivity contribution in [3.8, 4) is 0 Å². The van der Waals surface area contributed by atoms with E-state index in [4.69, 9.17) is 10.2 Å². The molecule has 4 heteroatoms. The maximum atomic E-state index is 6.05. The Balaban J connectivity index is 2.10. The Morgan fingerprint density at radius 1 is 1.50 bits per heavy atom. The van der Waals surface area contributed by atoms with E-state index in [0.717, 1.165) is 16.7 Å². The average molecular weight is 272 g/mol. The standard InChI is InChI=1S/C10H10BrNOS/c11-10-8(1-3-13-10)9(12)5-7-2-4-14-6-7/h1-4,6,9H,5,12H2. The molecule has 1 unspecified atom stereocenters. The van der Waals surface area contributed by atoms with Gasteiger partial charge in [0.15, 0.2) is 4.67 Å². The lowest BCUT2D eigenvalue weighted by Gasteiger charge is -2.08. The van der Waals surface area contributed by atoms with Crippen molar-refractivity contribution >= 4 is 27.3 Å². The fourth-order valence-electron chi connectivity index (χ4n) is 1.34. The third-order valence-electron chi connectivity index (χ3n) is 2.08. The van der Waals surface area contributed by atoms with Crippen LogP contribution in [0.3, 0.4) is 0 Å². The zero-order valence-corrected chi connectivity index (χ0v) is 9.85. The highest BCUT2D eigenvalue weighted by Gasteiger charge is 2.12. The van der Waals surface area contributed by atoms with Crippen LogP contribution in [0.1, 0.15) is 17.2 Å². The summed E-state index contributed by atoms with van der Waals surface area (Å²) in [6.07, 6.45) is 2.49. The number of nitrogens with two attached hydrogens (primary N) is 1. The van der Waals surface area contributed by atoms with Gasteiger partial charge in [-0.05, 0) is 50.8 Å². The molecule has 1 atom stereocenters. The molecule has 0 fully saturated rings. The molecule has 2 nitrogen and oxygen atoms in total. The first-order valence-electron chi connectivity index (χ1n) is 4.27. The summed E-state index contributed by atoms with van der Waals surface area (Å²) in [6, 6.07) is 4.00. The smallest absolute Gasteiger partial charge is 0.173 e. The van der Waals surface area contributed by atoms with Crippen LogP contribution in [0, 0.1) is 0 Å². The van der Waals surface area contributed by atoms with Gasteiger partial charge in [-0.15, -0.1) is 0 Å². The van der Waals surface area contributed by atoms with Gasteiger partial charge in [-0.1, -0.05) is 0 Å². The van der Waals surface area contributed by atoms with Crippen LogP contribution in [0.15, 0.2) is 38.2 Å². The lowest BCUT2D eigenvalue weighted by Crippen LogP contribution is -2.12. The van der Waals surface area contributed by atoms with Gasteiger partial charge in [0.25, 0.3) is 0 Å². The summed E-state index contributed by atoms with van der Waals surface area (Å²) < 4.78 is 5.88. The molecular formula is C10H10BrNOS. The number of furan rings is 1. The molecule has 2 aromatic heterocycles. The Hall–Kier alpha value is -0.580. The van der Waals surface area contributed by atoms with Crippen molar-refractivity contribution in [2.45, 2.75) is 12.5 Å². The lowest BCUT2D eigenvalue weighted by atomic mass is 10.0. The van der Waals surface area contributed by atoms with Gasteiger partial charge in [0.2, 0.25) is 0 Å². The minimum absolute atomic E-state index is 0.00211. The van der Waals surface area contributed by atoms with Crippen molar-refractivity contribution in [1.29, 1.82) is 0 Å². The zero-order chi connectivity index (χ0) is 9.97. The Bertz CT molecular complexity index is 396. The van der Waals surface area contributed by atoms with Crippen LogP contribution < -0.4 is 5.73 Å². The SMILES string of the molecule is NC(Cc1ccsc1)c1ccoc1Br. The number of thiophene rings is 1. The molecule has 2 aromatic rings. The second-order valence-corrected chi connectivity index (χ2v) is 4.59. The van der Waals surface area contributed by atoms with E-state index in [1.807, 2.05) is 6.07 Å². The van der Waals surface area contributed by atoms with Gasteiger partial charge in [0.05, 0.1) is 6.26 Å². The van der Waals surface area contributed by atoms with E-state index in [-0.39, 0.29) is 6.04 Å². The third kappa shape index (κ3) is 2.08. The Morgan fingerprint density at radius 2 is 2.36 bits per heavy atom. The highest BCUT2D eigenvalue weighted by molar-refractivity contribution is 9.10. The van der Waals surface area contributed by atoms with Crippen LogP contribution in [0.25, 0.3) is 0 Å². The van der Waals surface area contributed by atoms with E-state index < -0.39 is 0 Å². The predicted octanol–water partition coefficient (Wildman–Crippen LogP) is 3.35. The summed E-state index contributed by atoms with van der Waals surface area (Å²) >= 11 is 5.02. The average Bonchev–Trinajstić information content (AvgIpc) is 2.75. The number of hydrogen-bond acceptors (Lipinski definition) is 3. The number of halogens is 1. The van der Waals surface area contributed by atoms with Crippen molar-refractivity contribution in [3.05, 3.63) is 45.0 Å². The first-order valence-corrected chi connectivity index (χ1v) is 6.00. The maximum absolute atomic E-state index is 6.05. The molecular weight excluding hydrogens is 262 g/mol. The van der Waals surface area contributed by atoms with E-state index in [1.54, 1.807) is 17.6 Å². The summed E-state index contributed by atoms with van der Waals surface area (Å²) in [5.74, 6) is 0. The first-order chi connectivity index (χ1) is 6.77. The quantitative estimate of drug-likeness (QED) is 0.930. The Labute approximate surface area is 94.9 Å². The molecule has 2 heterocycles. The second-order valence-electron chi connectivity index (χ2n) is 3.09. The molecule has 14 heavy (non-hydrogen) atoms. The summed E-state index contributed by atoms with van der Waals surface area (Å²) in [4.78, 5) is 0. The molecule has 0 aliphatic rings. The fourth-order valence-corrected chi connectivity index (χ4v) is 2.56. The highest BCUT2D eigenvalue weighted by atomic mass is 79.9. The van der Waals surface area contributed by atoms with Gasteiger partial charge in [-0.3, -0.25) is 0 Å². The Morgan fingerprint density at radius 3 is 2.93 bits per heavy atom. The van der Waals surface area contributed by atoms with E-state index in [9.17, 15) is 0 Å². The van der Waals surface area contributed by atoms with Gasteiger partial charge in [-0.25, -0.2) is 0 Å². The van der Waals surface area contributed by atoms with E-state index in [0.29, 0.717) is 0 Å². The minimum atomic E-state index is -0.00211. The molecule has 0 aliphatic carbocycles. The summed E-state index contributed by atoms with van der Waals surface area (Å²) in [6.45, 7) is 0. The molecule has 0 aromatic carbocycles. The van der Waals surface area contributed by atoms with Crippen LogP contribution in [-0.2, 0) is 6.42 Å². The van der Waals surface area contributed by atoms with Gasteiger partial charge < -0.3 is 10.2 Å². The third-order valence-corrected chi connectivity index (χ3v) is 3.46. The molecule has 0 radical (unpaired) electrons. The van der Waals surface area contributed by atoms with Crippen molar-refractivity contribution in [1.82, 2.24) is 0 Å². The van der Waals surface area contributed by atoms with Crippen molar-refractivity contribution in [3.63, 3.8) is 0 Å². The van der Waals surface area contributed by atoms with Crippen LogP contribution >= 0.6 is 27.3 Å². The minimum Gasteiger partial charge on any atom is -0.457 e. The van der Waals surface area contributed by atoms with Crippen LogP contribution in [-0.4, -0.2) is 0 Å². The maximum Gasteiger partial charge on any atom is 0.173 e. The van der Waals surface area contributed by atoms with Gasteiger partial charge >= 0.3 is 0 Å². The molecule has 0 amide bonds. The van der Waals surface area contributed by atoms with Crippen molar-refractivity contribution in [2.24, 2.45) is 5.73 Å². The predicted molar refractivity (Wildman–Crippen MR) is 61.4 cm³/mol. The zero-order valence-electron chi connectivity index (χ0n) is 7.44. The number of rotatable bonds is 3. The monoisotopic (exact) mass is 271 g/mol. The number of hydrogen-bond donors (Lipinski definition) is 1. The van der Waals surface area contributed by atoms with Crippen LogP contribution in [0.5, 0.6) is 0 Å². The van der Waals surface area contributed by atoms with Crippen LogP contribution in [0.4, 0.5) is 0 Å². The molecule has 0 saturated carbocycles. The largest absolute Gasteiger partial charge is 0.457 e. The van der Waals surface area contributed by atoms with Gasteiger partial charge in [-0.2, -0.15) is 11.3 Å². The van der Waals surface area contributed by atoms with Crippen molar-refractivity contribution < 1.29 is 4.42 Å². The molecule has 0 aliphatic heterocycles. The molecule has 0 saturated heterocycles. The molecule has 2 rings (SSSR count). The van der Waals surface area contributed by atoms with Crippen molar-refractivity contribution in [2.75, 3.05) is 0 Å². The second kappa shape index (κ2) is 4.29. The van der Waals surface area contributed by atoms with Gasteiger partial charge in [0, 0.05) is 11.6 Å². The first kappa shape index (κ1) is 9.96. The van der Waals surface area contributed by atoms with Gasteiger partial charge in [0.1, 0.15) is 0 Å². The molecule has 2 N–H and O–H groups in total. The summed E-state index contributed by atoms with van der Waals surface area (Å²) in [5, 5.41) is 4.18. The summed E-state index contributed by atoms with van der Waals surface area (Å²) in [7, 11) is 0. The van der Waals surface area contributed by atoms with E-state index in [1.165, 1.54) is 5.56 Å².